The summed E-state index contributed by atoms with van der Waals surface area (Å²) in [5.74, 6) is -2.67. The van der Waals surface area contributed by atoms with Gasteiger partial charge in [-0.3, -0.25) is 9.78 Å². The van der Waals surface area contributed by atoms with Crippen LogP contribution < -0.4 is 5.32 Å². The first kappa shape index (κ1) is 14.4. The second-order valence-electron chi connectivity index (χ2n) is 3.80. The van der Waals surface area contributed by atoms with Crippen molar-refractivity contribution in [2.24, 2.45) is 0 Å². The second kappa shape index (κ2) is 5.95. The van der Waals surface area contributed by atoms with Crippen molar-refractivity contribution in [1.82, 2.24) is 4.98 Å². The first-order valence-electron chi connectivity index (χ1n) is 5.42. The molecular formula is C13H8FIN2O3. The van der Waals surface area contributed by atoms with Gasteiger partial charge in [0.25, 0.3) is 5.91 Å². The first-order valence-corrected chi connectivity index (χ1v) is 6.50. The van der Waals surface area contributed by atoms with Crippen LogP contribution >= 0.6 is 22.6 Å². The van der Waals surface area contributed by atoms with Crippen molar-refractivity contribution in [3.05, 3.63) is 57.2 Å². The maximum Gasteiger partial charge on any atom is 0.337 e. The molecule has 102 valence electrons. The second-order valence-corrected chi connectivity index (χ2v) is 5.05. The van der Waals surface area contributed by atoms with Gasteiger partial charge >= 0.3 is 5.97 Å². The largest absolute Gasteiger partial charge is 0.478 e. The van der Waals surface area contributed by atoms with Crippen LogP contribution in [0.15, 0.2) is 36.7 Å². The van der Waals surface area contributed by atoms with Crippen molar-refractivity contribution < 1.29 is 19.1 Å². The molecule has 1 aromatic heterocycles. The van der Waals surface area contributed by atoms with E-state index < -0.39 is 17.7 Å². The summed E-state index contributed by atoms with van der Waals surface area (Å²) in [5.41, 5.74) is -0.145. The van der Waals surface area contributed by atoms with Crippen molar-refractivity contribution in [1.29, 1.82) is 0 Å². The summed E-state index contributed by atoms with van der Waals surface area (Å²) >= 11 is 1.96. The van der Waals surface area contributed by atoms with E-state index in [9.17, 15) is 14.0 Å². The first-order chi connectivity index (χ1) is 9.49. The number of carbonyl (C=O) groups excluding carboxylic acids is 1. The summed E-state index contributed by atoms with van der Waals surface area (Å²) in [6, 6.07) is 5.74. The van der Waals surface area contributed by atoms with Crippen LogP contribution in [0.4, 0.5) is 10.1 Å². The maximum absolute atomic E-state index is 13.4. The molecule has 0 saturated carbocycles. The van der Waals surface area contributed by atoms with E-state index in [0.717, 1.165) is 6.20 Å². The molecule has 1 aromatic carbocycles. The number of aromatic carboxylic acids is 1. The summed E-state index contributed by atoms with van der Waals surface area (Å²) < 4.78 is 14.1. The lowest BCUT2D eigenvalue weighted by atomic mass is 10.1. The smallest absolute Gasteiger partial charge is 0.337 e. The topological polar surface area (TPSA) is 79.3 Å². The molecule has 0 aliphatic heterocycles. The van der Waals surface area contributed by atoms with E-state index in [0.29, 0.717) is 3.57 Å². The van der Waals surface area contributed by atoms with Gasteiger partial charge in [0, 0.05) is 9.77 Å². The van der Waals surface area contributed by atoms with E-state index >= 15 is 0 Å². The van der Waals surface area contributed by atoms with E-state index in [1.165, 1.54) is 24.4 Å². The van der Waals surface area contributed by atoms with Crippen LogP contribution in [0.1, 0.15) is 20.7 Å². The highest BCUT2D eigenvalue weighted by molar-refractivity contribution is 14.1. The van der Waals surface area contributed by atoms with Gasteiger partial charge in [-0.05, 0) is 46.9 Å². The Kier molecular flexibility index (Phi) is 4.28. The fourth-order valence-electron chi connectivity index (χ4n) is 1.55. The number of carbonyl (C=O) groups is 2. The van der Waals surface area contributed by atoms with Crippen LogP contribution in [0.5, 0.6) is 0 Å². The van der Waals surface area contributed by atoms with E-state index in [4.69, 9.17) is 5.11 Å². The number of carboxylic acids is 1. The van der Waals surface area contributed by atoms with Crippen LogP contribution in [0.2, 0.25) is 0 Å². The number of halogens is 2. The van der Waals surface area contributed by atoms with Crippen LogP contribution in [0.25, 0.3) is 0 Å². The summed E-state index contributed by atoms with van der Waals surface area (Å²) in [5, 5.41) is 11.5. The number of aromatic nitrogens is 1. The SMILES string of the molecule is O=C(Nc1ccc(I)cc1C(=O)O)c1ccncc1F. The van der Waals surface area contributed by atoms with E-state index in [1.54, 1.807) is 6.07 Å². The quantitative estimate of drug-likeness (QED) is 0.796. The number of nitrogens with zero attached hydrogens (tertiary/aromatic N) is 1. The van der Waals surface area contributed by atoms with Gasteiger partial charge in [-0.1, -0.05) is 0 Å². The molecule has 2 aromatic rings. The van der Waals surface area contributed by atoms with Gasteiger partial charge in [0.15, 0.2) is 5.82 Å². The molecule has 0 aliphatic carbocycles. The van der Waals surface area contributed by atoms with Crippen LogP contribution in [-0.4, -0.2) is 22.0 Å². The Labute approximate surface area is 127 Å². The summed E-state index contributed by atoms with van der Waals surface area (Å²) in [4.78, 5) is 26.6. The summed E-state index contributed by atoms with van der Waals surface area (Å²) in [7, 11) is 0. The highest BCUT2D eigenvalue weighted by Crippen LogP contribution is 2.20. The standard InChI is InChI=1S/C13H8FIN2O3/c14-10-6-16-4-3-8(10)12(18)17-11-2-1-7(15)5-9(11)13(19)20/h1-6H,(H,17,18)(H,19,20). The molecule has 0 atom stereocenters. The molecule has 2 N–H and O–H groups in total. The van der Waals surface area contributed by atoms with Crippen molar-refractivity contribution in [3.63, 3.8) is 0 Å². The lowest BCUT2D eigenvalue weighted by Gasteiger charge is -2.09. The number of hydrogen-bond acceptors (Lipinski definition) is 3. The number of carboxylic acid groups (broad SMARTS) is 1. The highest BCUT2D eigenvalue weighted by atomic mass is 127. The third kappa shape index (κ3) is 3.10. The Hall–Kier alpha value is -2.03. The minimum Gasteiger partial charge on any atom is -0.478 e. The lowest BCUT2D eigenvalue weighted by molar-refractivity contribution is 0.0698. The number of hydrogen-bond donors (Lipinski definition) is 2. The molecule has 0 fully saturated rings. The number of anilines is 1. The molecule has 1 heterocycles. The predicted molar refractivity (Wildman–Crippen MR) is 78.3 cm³/mol. The zero-order chi connectivity index (χ0) is 14.7. The number of nitrogens with one attached hydrogen (secondary N) is 1. The molecule has 0 aliphatic rings. The monoisotopic (exact) mass is 386 g/mol. The summed E-state index contributed by atoms with van der Waals surface area (Å²) in [6.07, 6.45) is 2.20. The van der Waals surface area contributed by atoms with Crippen molar-refractivity contribution in [2.75, 3.05) is 5.32 Å². The molecule has 7 heteroatoms. The molecule has 0 unspecified atom stereocenters. The maximum atomic E-state index is 13.4. The van der Waals surface area contributed by atoms with Gasteiger partial charge in [0.1, 0.15) is 0 Å². The Balaban J connectivity index is 2.33. The number of rotatable bonds is 3. The van der Waals surface area contributed by atoms with Crippen molar-refractivity contribution in [3.8, 4) is 0 Å². The molecular weight excluding hydrogens is 378 g/mol. The number of pyridine rings is 1. The molecule has 1 amide bonds. The molecule has 20 heavy (non-hydrogen) atoms. The molecule has 2 rings (SSSR count). The van der Waals surface area contributed by atoms with E-state index in [2.05, 4.69) is 10.3 Å². The Bertz CT molecular complexity index is 691. The van der Waals surface area contributed by atoms with Crippen LogP contribution in [0, 0.1) is 9.39 Å². The van der Waals surface area contributed by atoms with Crippen molar-refractivity contribution in [2.45, 2.75) is 0 Å². The average molecular weight is 386 g/mol. The van der Waals surface area contributed by atoms with E-state index in [-0.39, 0.29) is 16.8 Å². The Morgan fingerprint density at radius 1 is 1.25 bits per heavy atom. The van der Waals surface area contributed by atoms with Gasteiger partial charge < -0.3 is 10.4 Å². The molecule has 0 saturated heterocycles. The zero-order valence-electron chi connectivity index (χ0n) is 9.93. The van der Waals surface area contributed by atoms with Gasteiger partial charge in [-0.25, -0.2) is 9.18 Å². The summed E-state index contributed by atoms with van der Waals surface area (Å²) in [6.45, 7) is 0. The van der Waals surface area contributed by atoms with Crippen LogP contribution in [0.3, 0.4) is 0 Å². The Morgan fingerprint density at radius 3 is 2.65 bits per heavy atom. The molecule has 0 radical (unpaired) electrons. The minimum absolute atomic E-state index is 0.0558. The van der Waals surface area contributed by atoms with Gasteiger partial charge in [-0.2, -0.15) is 0 Å². The highest BCUT2D eigenvalue weighted by Gasteiger charge is 2.16. The Morgan fingerprint density at radius 2 is 2.00 bits per heavy atom. The van der Waals surface area contributed by atoms with E-state index in [1.807, 2.05) is 22.6 Å². The lowest BCUT2D eigenvalue weighted by Crippen LogP contribution is -2.16. The van der Waals surface area contributed by atoms with Gasteiger partial charge in [0.2, 0.25) is 0 Å². The molecule has 0 bridgehead atoms. The molecule has 5 nitrogen and oxygen atoms in total. The normalized spacial score (nSPS) is 10.1. The number of amides is 1. The van der Waals surface area contributed by atoms with Gasteiger partial charge in [-0.15, -0.1) is 0 Å². The van der Waals surface area contributed by atoms with Gasteiger partial charge in [0.05, 0.1) is 23.0 Å². The average Bonchev–Trinajstić information content (AvgIpc) is 2.41. The zero-order valence-corrected chi connectivity index (χ0v) is 12.1. The minimum atomic E-state index is -1.17. The fourth-order valence-corrected chi connectivity index (χ4v) is 2.04. The number of benzene rings is 1. The fraction of sp³-hybridized carbons (Fsp3) is 0. The predicted octanol–water partition coefficient (Wildman–Crippen LogP) is 2.78. The third-order valence-electron chi connectivity index (χ3n) is 2.48. The third-order valence-corrected chi connectivity index (χ3v) is 3.15. The van der Waals surface area contributed by atoms with Crippen LogP contribution in [-0.2, 0) is 0 Å². The van der Waals surface area contributed by atoms with Crippen molar-refractivity contribution >= 4 is 40.2 Å². The molecule has 0 spiro atoms.